The molecule has 5 heteroatoms. The molecule has 1 N–H and O–H groups in total. The molecule has 1 fully saturated rings. The van der Waals surface area contributed by atoms with Gasteiger partial charge in [0.2, 0.25) is 10.0 Å². The first-order valence-electron chi connectivity index (χ1n) is 4.85. The third-order valence-electron chi connectivity index (χ3n) is 2.31. The minimum atomic E-state index is -2.97. The smallest absolute Gasteiger partial charge is 0.213 e. The number of rotatable bonds is 2. The summed E-state index contributed by atoms with van der Waals surface area (Å²) in [5.41, 5.74) is 0. The van der Waals surface area contributed by atoms with E-state index in [9.17, 15) is 8.42 Å². The predicted octanol–water partition coefficient (Wildman–Crippen LogP) is 0.0215. The summed E-state index contributed by atoms with van der Waals surface area (Å²) in [5, 5.41) is 3.21. The van der Waals surface area contributed by atoms with E-state index in [1.54, 1.807) is 11.2 Å². The number of nitrogens with one attached hydrogen (secondary N) is 1. The molecule has 0 amide bonds. The first-order chi connectivity index (χ1) is 6.17. The summed E-state index contributed by atoms with van der Waals surface area (Å²) in [6, 6.07) is 0. The second-order valence-corrected chi connectivity index (χ2v) is 5.51. The van der Waals surface area contributed by atoms with Crippen molar-refractivity contribution in [2.45, 2.75) is 19.8 Å². The molecule has 0 aliphatic carbocycles. The van der Waals surface area contributed by atoms with Crippen LogP contribution in [0.4, 0.5) is 0 Å². The van der Waals surface area contributed by atoms with Gasteiger partial charge in [0, 0.05) is 19.6 Å². The van der Waals surface area contributed by atoms with Crippen molar-refractivity contribution in [3.63, 3.8) is 0 Å². The van der Waals surface area contributed by atoms with Crippen LogP contribution in [0, 0.1) is 0 Å². The normalized spacial score (nSPS) is 22.2. The van der Waals surface area contributed by atoms with Gasteiger partial charge in [0.25, 0.3) is 0 Å². The molecule has 1 aliphatic heterocycles. The Morgan fingerprint density at radius 3 is 2.69 bits per heavy atom. The minimum absolute atomic E-state index is 0.215. The average Bonchev–Trinajstić information content (AvgIpc) is 2.03. The van der Waals surface area contributed by atoms with Gasteiger partial charge in [-0.2, -0.15) is 0 Å². The van der Waals surface area contributed by atoms with Crippen LogP contribution in [0.1, 0.15) is 19.8 Å². The Hall–Kier alpha value is -0.130. The van der Waals surface area contributed by atoms with Crippen LogP contribution in [0.15, 0.2) is 0 Å². The fraction of sp³-hybridized carbons (Fsp3) is 1.00. The lowest BCUT2D eigenvalue weighted by molar-refractivity contribution is 0.373. The molecular weight excluding hydrogens is 188 g/mol. The highest BCUT2D eigenvalue weighted by atomic mass is 32.2. The van der Waals surface area contributed by atoms with Gasteiger partial charge in [-0.25, -0.2) is 12.7 Å². The molecule has 1 aliphatic rings. The maximum Gasteiger partial charge on any atom is 0.213 e. The summed E-state index contributed by atoms with van der Waals surface area (Å²) in [5.74, 6) is 0.215. The third-order valence-corrected chi connectivity index (χ3v) is 4.19. The molecule has 1 rings (SSSR count). The Bertz CT molecular complexity index is 231. The molecule has 0 bridgehead atoms. The first-order valence-corrected chi connectivity index (χ1v) is 6.46. The molecule has 0 atom stereocenters. The lowest BCUT2D eigenvalue weighted by atomic mass is 10.3. The van der Waals surface area contributed by atoms with Crippen LogP contribution in [0.2, 0.25) is 0 Å². The van der Waals surface area contributed by atoms with E-state index >= 15 is 0 Å². The van der Waals surface area contributed by atoms with Crippen molar-refractivity contribution in [3.05, 3.63) is 0 Å². The van der Waals surface area contributed by atoms with Gasteiger partial charge in [-0.05, 0) is 26.3 Å². The van der Waals surface area contributed by atoms with E-state index in [4.69, 9.17) is 0 Å². The van der Waals surface area contributed by atoms with Gasteiger partial charge in [-0.15, -0.1) is 0 Å². The first kappa shape index (κ1) is 10.9. The predicted molar refractivity (Wildman–Crippen MR) is 53.1 cm³/mol. The molecule has 0 spiro atoms. The van der Waals surface area contributed by atoms with E-state index in [1.807, 2.05) is 0 Å². The highest BCUT2D eigenvalue weighted by Crippen LogP contribution is 2.05. The molecule has 0 unspecified atom stereocenters. The van der Waals surface area contributed by atoms with Gasteiger partial charge < -0.3 is 5.32 Å². The zero-order valence-electron chi connectivity index (χ0n) is 8.12. The van der Waals surface area contributed by atoms with Gasteiger partial charge in [-0.3, -0.25) is 0 Å². The lowest BCUT2D eigenvalue weighted by Crippen LogP contribution is -2.40. The number of hydrogen-bond donors (Lipinski definition) is 1. The van der Waals surface area contributed by atoms with Crippen molar-refractivity contribution in [2.24, 2.45) is 0 Å². The largest absolute Gasteiger partial charge is 0.315 e. The van der Waals surface area contributed by atoms with E-state index in [-0.39, 0.29) is 5.75 Å². The highest BCUT2D eigenvalue weighted by molar-refractivity contribution is 7.89. The molecule has 0 saturated carbocycles. The van der Waals surface area contributed by atoms with Crippen molar-refractivity contribution in [2.75, 3.05) is 31.9 Å². The summed E-state index contributed by atoms with van der Waals surface area (Å²) >= 11 is 0. The summed E-state index contributed by atoms with van der Waals surface area (Å²) in [7, 11) is -2.97. The summed E-state index contributed by atoms with van der Waals surface area (Å²) < 4.78 is 24.6. The zero-order valence-corrected chi connectivity index (χ0v) is 8.94. The molecule has 0 aromatic rings. The van der Waals surface area contributed by atoms with Crippen LogP contribution in [0.5, 0.6) is 0 Å². The number of hydrogen-bond acceptors (Lipinski definition) is 3. The maximum absolute atomic E-state index is 11.5. The van der Waals surface area contributed by atoms with Gasteiger partial charge in [0.1, 0.15) is 0 Å². The van der Waals surface area contributed by atoms with Crippen LogP contribution >= 0.6 is 0 Å². The highest BCUT2D eigenvalue weighted by Gasteiger charge is 2.19. The summed E-state index contributed by atoms with van der Waals surface area (Å²) in [4.78, 5) is 0. The van der Waals surface area contributed by atoms with Crippen LogP contribution < -0.4 is 5.32 Å². The van der Waals surface area contributed by atoms with Crippen molar-refractivity contribution < 1.29 is 8.42 Å². The molecule has 0 radical (unpaired) electrons. The van der Waals surface area contributed by atoms with Crippen LogP contribution in [0.25, 0.3) is 0 Å². The van der Waals surface area contributed by atoms with Crippen LogP contribution in [0.3, 0.4) is 0 Å². The minimum Gasteiger partial charge on any atom is -0.315 e. The quantitative estimate of drug-likeness (QED) is 0.693. The van der Waals surface area contributed by atoms with Crippen molar-refractivity contribution in [1.29, 1.82) is 0 Å². The standard InChI is InChI=1S/C8H18N2O2S/c1-2-13(11,12)10-7-4-3-5-9-6-8-10/h9H,2-8H2,1H3. The van der Waals surface area contributed by atoms with Crippen molar-refractivity contribution in [3.8, 4) is 0 Å². The SMILES string of the molecule is CCS(=O)(=O)N1CCCCNCC1. The Morgan fingerprint density at radius 1 is 1.23 bits per heavy atom. The van der Waals surface area contributed by atoms with Gasteiger partial charge in [0.15, 0.2) is 0 Å². The fourth-order valence-corrected chi connectivity index (χ4v) is 2.58. The summed E-state index contributed by atoms with van der Waals surface area (Å²) in [6.07, 6.45) is 2.03. The summed E-state index contributed by atoms with van der Waals surface area (Å²) in [6.45, 7) is 4.80. The van der Waals surface area contributed by atoms with Gasteiger partial charge >= 0.3 is 0 Å². The molecule has 0 aromatic carbocycles. The van der Waals surface area contributed by atoms with Crippen LogP contribution in [-0.2, 0) is 10.0 Å². The lowest BCUT2D eigenvalue weighted by Gasteiger charge is -2.23. The number of nitrogens with zero attached hydrogens (tertiary/aromatic N) is 1. The molecule has 13 heavy (non-hydrogen) atoms. The average molecular weight is 206 g/mol. The van der Waals surface area contributed by atoms with Crippen LogP contribution in [-0.4, -0.2) is 44.7 Å². The fourth-order valence-electron chi connectivity index (χ4n) is 1.44. The Labute approximate surface area is 80.4 Å². The molecule has 78 valence electrons. The topological polar surface area (TPSA) is 49.4 Å². The Kier molecular flexibility index (Phi) is 4.15. The van der Waals surface area contributed by atoms with Crippen molar-refractivity contribution in [1.82, 2.24) is 9.62 Å². The van der Waals surface area contributed by atoms with Crippen molar-refractivity contribution >= 4 is 10.0 Å². The van der Waals surface area contributed by atoms with E-state index in [0.717, 1.165) is 25.9 Å². The van der Waals surface area contributed by atoms with Gasteiger partial charge in [0.05, 0.1) is 5.75 Å². The molecular formula is C8H18N2O2S. The molecule has 4 nitrogen and oxygen atoms in total. The zero-order chi connectivity index (χ0) is 9.73. The van der Waals surface area contributed by atoms with Gasteiger partial charge in [-0.1, -0.05) is 0 Å². The van der Waals surface area contributed by atoms with E-state index in [2.05, 4.69) is 5.32 Å². The second kappa shape index (κ2) is 4.93. The van der Waals surface area contributed by atoms with E-state index in [0.29, 0.717) is 13.1 Å². The van der Waals surface area contributed by atoms with E-state index < -0.39 is 10.0 Å². The maximum atomic E-state index is 11.5. The molecule has 0 aromatic heterocycles. The Morgan fingerprint density at radius 2 is 2.00 bits per heavy atom. The third kappa shape index (κ3) is 3.25. The van der Waals surface area contributed by atoms with E-state index in [1.165, 1.54) is 0 Å². The number of sulfonamides is 1. The molecule has 1 heterocycles. The monoisotopic (exact) mass is 206 g/mol. The Balaban J connectivity index is 2.56. The molecule has 1 saturated heterocycles. The second-order valence-electron chi connectivity index (χ2n) is 3.26.